The molecule has 0 fully saturated rings. The van der Waals surface area contributed by atoms with Crippen molar-refractivity contribution in [1.29, 1.82) is 0 Å². The van der Waals surface area contributed by atoms with Gasteiger partial charge in [-0.2, -0.15) is 0 Å². The molecule has 21 heavy (non-hydrogen) atoms. The number of fused-ring (bicyclic) bond motifs is 1. The van der Waals surface area contributed by atoms with Gasteiger partial charge in [-0.15, -0.1) is 0 Å². The van der Waals surface area contributed by atoms with Crippen molar-refractivity contribution >= 4 is 44.0 Å². The third kappa shape index (κ3) is 2.69. The molecule has 0 saturated heterocycles. The molecule has 3 aromatic rings. The van der Waals surface area contributed by atoms with Crippen LogP contribution in [0.1, 0.15) is 0 Å². The zero-order valence-electron chi connectivity index (χ0n) is 10.7. The Morgan fingerprint density at radius 3 is 2.62 bits per heavy atom. The summed E-state index contributed by atoms with van der Waals surface area (Å²) in [6.07, 6.45) is 0. The number of ether oxygens (including phenoxy) is 1. The van der Waals surface area contributed by atoms with Crippen LogP contribution in [0, 0.1) is 5.82 Å². The predicted molar refractivity (Wildman–Crippen MR) is 87.5 cm³/mol. The molecule has 2 N–H and O–H groups in total. The minimum Gasteiger partial charge on any atom is -0.454 e. The highest BCUT2D eigenvalue weighted by Crippen LogP contribution is 2.38. The van der Waals surface area contributed by atoms with E-state index in [1.54, 1.807) is 0 Å². The van der Waals surface area contributed by atoms with Crippen LogP contribution in [0.25, 0.3) is 10.8 Å². The van der Waals surface area contributed by atoms with Gasteiger partial charge in [0.1, 0.15) is 11.6 Å². The Morgan fingerprint density at radius 2 is 1.81 bits per heavy atom. The fourth-order valence-corrected chi connectivity index (χ4v) is 2.77. The number of hydrogen-bond acceptors (Lipinski definition) is 2. The molecule has 0 saturated carbocycles. The molecule has 0 aliphatic rings. The van der Waals surface area contributed by atoms with Gasteiger partial charge in [-0.1, -0.05) is 41.9 Å². The Labute approximate surface area is 134 Å². The maximum atomic E-state index is 13.3. The van der Waals surface area contributed by atoms with Crippen molar-refractivity contribution in [3.8, 4) is 11.5 Å². The summed E-state index contributed by atoms with van der Waals surface area (Å²) in [4.78, 5) is 0. The van der Waals surface area contributed by atoms with Crippen LogP contribution in [-0.2, 0) is 0 Å². The smallest absolute Gasteiger partial charge is 0.152 e. The molecule has 5 heteroatoms. The van der Waals surface area contributed by atoms with Crippen molar-refractivity contribution in [2.45, 2.75) is 0 Å². The number of hydrogen-bond donors (Lipinski definition) is 1. The number of nitrogen functional groups attached to an aromatic ring is 1. The fraction of sp³-hybridized carbons (Fsp3) is 0. The van der Waals surface area contributed by atoms with Crippen LogP contribution >= 0.6 is 27.5 Å². The molecule has 0 spiro atoms. The Morgan fingerprint density at radius 1 is 1.05 bits per heavy atom. The van der Waals surface area contributed by atoms with E-state index in [1.807, 2.05) is 36.4 Å². The standard InChI is InChI=1S/C16H10BrClFNO/c17-16-10-4-2-1-3-9(10)5-6-14(16)21-15-7-11(18)12(19)8-13(15)20/h1-8H,20H2. The number of halogens is 3. The quantitative estimate of drug-likeness (QED) is 0.584. The van der Waals surface area contributed by atoms with Gasteiger partial charge in [0.05, 0.1) is 15.2 Å². The van der Waals surface area contributed by atoms with Gasteiger partial charge in [0.2, 0.25) is 0 Å². The van der Waals surface area contributed by atoms with E-state index >= 15 is 0 Å². The van der Waals surface area contributed by atoms with Crippen molar-refractivity contribution in [2.24, 2.45) is 0 Å². The Balaban J connectivity index is 2.06. The van der Waals surface area contributed by atoms with Crippen molar-refractivity contribution in [2.75, 3.05) is 5.73 Å². The minimum atomic E-state index is -0.570. The topological polar surface area (TPSA) is 35.2 Å². The average Bonchev–Trinajstić information content (AvgIpc) is 2.48. The lowest BCUT2D eigenvalue weighted by molar-refractivity contribution is 0.481. The van der Waals surface area contributed by atoms with Gasteiger partial charge in [0.25, 0.3) is 0 Å². The fourth-order valence-electron chi connectivity index (χ4n) is 2.04. The molecular weight excluding hydrogens is 357 g/mol. The van der Waals surface area contributed by atoms with Crippen molar-refractivity contribution in [3.05, 3.63) is 63.8 Å². The maximum Gasteiger partial charge on any atom is 0.152 e. The summed E-state index contributed by atoms with van der Waals surface area (Å²) in [5.41, 5.74) is 5.95. The number of rotatable bonds is 2. The first-order valence-electron chi connectivity index (χ1n) is 6.16. The van der Waals surface area contributed by atoms with E-state index in [-0.39, 0.29) is 10.7 Å². The summed E-state index contributed by atoms with van der Waals surface area (Å²) < 4.78 is 19.9. The van der Waals surface area contributed by atoms with Crippen molar-refractivity contribution in [3.63, 3.8) is 0 Å². The molecule has 0 atom stereocenters. The molecule has 106 valence electrons. The van der Waals surface area contributed by atoms with Crippen LogP contribution in [0.4, 0.5) is 10.1 Å². The number of nitrogens with two attached hydrogens (primary N) is 1. The van der Waals surface area contributed by atoms with E-state index in [4.69, 9.17) is 22.1 Å². The summed E-state index contributed by atoms with van der Waals surface area (Å²) in [5, 5.41) is 2.07. The van der Waals surface area contributed by atoms with Gasteiger partial charge in [-0.25, -0.2) is 4.39 Å². The highest BCUT2D eigenvalue weighted by Gasteiger charge is 2.11. The lowest BCUT2D eigenvalue weighted by atomic mass is 10.1. The second kappa shape index (κ2) is 5.54. The summed E-state index contributed by atoms with van der Waals surface area (Å²) in [6, 6.07) is 14.2. The molecule has 0 unspecified atom stereocenters. The van der Waals surface area contributed by atoms with Crippen LogP contribution < -0.4 is 10.5 Å². The molecule has 2 nitrogen and oxygen atoms in total. The highest BCUT2D eigenvalue weighted by atomic mass is 79.9. The van der Waals surface area contributed by atoms with Gasteiger partial charge in [-0.05, 0) is 32.8 Å². The van der Waals surface area contributed by atoms with Crippen LogP contribution in [0.15, 0.2) is 53.0 Å². The van der Waals surface area contributed by atoms with Crippen LogP contribution in [0.5, 0.6) is 11.5 Å². The van der Waals surface area contributed by atoms with E-state index in [0.717, 1.165) is 21.3 Å². The van der Waals surface area contributed by atoms with E-state index in [9.17, 15) is 4.39 Å². The summed E-state index contributed by atoms with van der Waals surface area (Å²) in [5.74, 6) is 0.333. The van der Waals surface area contributed by atoms with Gasteiger partial charge in [0.15, 0.2) is 5.75 Å². The maximum absolute atomic E-state index is 13.3. The Kier molecular flexibility index (Phi) is 3.74. The van der Waals surface area contributed by atoms with Crippen LogP contribution in [-0.4, -0.2) is 0 Å². The first-order chi connectivity index (χ1) is 10.1. The lowest BCUT2D eigenvalue weighted by Gasteiger charge is -2.12. The zero-order valence-corrected chi connectivity index (χ0v) is 13.1. The summed E-state index contributed by atoms with van der Waals surface area (Å²) in [7, 11) is 0. The van der Waals surface area contributed by atoms with E-state index in [0.29, 0.717) is 11.5 Å². The molecule has 0 aliphatic heterocycles. The van der Waals surface area contributed by atoms with Gasteiger partial charge < -0.3 is 10.5 Å². The number of anilines is 1. The van der Waals surface area contributed by atoms with Gasteiger partial charge in [0, 0.05) is 12.1 Å². The average molecular weight is 367 g/mol. The Hall–Kier alpha value is -1.78. The highest BCUT2D eigenvalue weighted by molar-refractivity contribution is 9.10. The third-order valence-electron chi connectivity index (χ3n) is 3.10. The van der Waals surface area contributed by atoms with Gasteiger partial charge >= 0.3 is 0 Å². The predicted octanol–water partition coefficient (Wildman–Crippen LogP) is 5.77. The third-order valence-corrected chi connectivity index (χ3v) is 4.21. The second-order valence-electron chi connectivity index (χ2n) is 4.51. The van der Waals surface area contributed by atoms with Crippen LogP contribution in [0.3, 0.4) is 0 Å². The molecular formula is C16H10BrClFNO. The normalized spacial score (nSPS) is 10.8. The van der Waals surface area contributed by atoms with Crippen molar-refractivity contribution < 1.29 is 9.13 Å². The van der Waals surface area contributed by atoms with E-state index in [1.165, 1.54) is 6.07 Å². The van der Waals surface area contributed by atoms with Crippen LogP contribution in [0.2, 0.25) is 5.02 Å². The van der Waals surface area contributed by atoms with Gasteiger partial charge in [-0.3, -0.25) is 0 Å². The molecule has 0 amide bonds. The summed E-state index contributed by atoms with van der Waals surface area (Å²) >= 11 is 9.29. The first-order valence-corrected chi connectivity index (χ1v) is 7.33. The minimum absolute atomic E-state index is 0.0314. The monoisotopic (exact) mass is 365 g/mol. The molecule has 0 radical (unpaired) electrons. The Bertz CT molecular complexity index is 838. The molecule has 3 aromatic carbocycles. The largest absolute Gasteiger partial charge is 0.454 e. The second-order valence-corrected chi connectivity index (χ2v) is 5.71. The molecule has 3 rings (SSSR count). The first kappa shape index (κ1) is 14.2. The van der Waals surface area contributed by atoms with E-state index < -0.39 is 5.82 Å². The molecule has 0 aliphatic carbocycles. The summed E-state index contributed by atoms with van der Waals surface area (Å²) in [6.45, 7) is 0. The lowest BCUT2D eigenvalue weighted by Crippen LogP contribution is -1.94. The molecule has 0 aromatic heterocycles. The molecule has 0 heterocycles. The van der Waals surface area contributed by atoms with Crippen molar-refractivity contribution in [1.82, 2.24) is 0 Å². The van der Waals surface area contributed by atoms with E-state index in [2.05, 4.69) is 15.9 Å². The number of benzene rings is 3. The molecule has 0 bridgehead atoms. The SMILES string of the molecule is Nc1cc(F)c(Cl)cc1Oc1ccc2ccccc2c1Br. The zero-order chi connectivity index (χ0) is 15.0.